The summed E-state index contributed by atoms with van der Waals surface area (Å²) in [5, 5.41) is 4.56. The van der Waals surface area contributed by atoms with Crippen molar-refractivity contribution in [2.24, 2.45) is 0 Å². The summed E-state index contributed by atoms with van der Waals surface area (Å²) >= 11 is 0. The van der Waals surface area contributed by atoms with Gasteiger partial charge in [-0.25, -0.2) is 0 Å². The third-order valence-electron chi connectivity index (χ3n) is 3.51. The van der Waals surface area contributed by atoms with Crippen LogP contribution in [0.1, 0.15) is 21.5 Å². The van der Waals surface area contributed by atoms with Gasteiger partial charge in [-0.1, -0.05) is 23.8 Å². The molecule has 28 heavy (non-hydrogen) atoms. The molecular weight excluding hydrogens is 377 g/mol. The van der Waals surface area contributed by atoms with Gasteiger partial charge in [0.1, 0.15) is 6.54 Å². The van der Waals surface area contributed by atoms with E-state index in [1.54, 1.807) is 18.2 Å². The molecule has 0 heterocycles. The van der Waals surface area contributed by atoms with Gasteiger partial charge in [0.2, 0.25) is 0 Å². The summed E-state index contributed by atoms with van der Waals surface area (Å²) in [6.45, 7) is 0.660. The van der Waals surface area contributed by atoms with E-state index in [-0.39, 0.29) is 5.69 Å². The van der Waals surface area contributed by atoms with E-state index in [9.17, 15) is 27.6 Å². The summed E-state index contributed by atoms with van der Waals surface area (Å²) in [6, 6.07) is 10.8. The summed E-state index contributed by atoms with van der Waals surface area (Å²) in [5.74, 6) is -2.15. The van der Waals surface area contributed by atoms with E-state index in [1.165, 1.54) is 6.07 Å². The zero-order valence-corrected chi connectivity index (χ0v) is 14.8. The Labute approximate surface area is 158 Å². The number of amides is 2. The Bertz CT molecular complexity index is 881. The second-order valence-electron chi connectivity index (χ2n) is 5.84. The van der Waals surface area contributed by atoms with Crippen molar-refractivity contribution in [3.8, 4) is 0 Å². The van der Waals surface area contributed by atoms with Crippen LogP contribution in [0.3, 0.4) is 0 Å². The lowest BCUT2D eigenvalue weighted by molar-refractivity contribution is -0.146. The van der Waals surface area contributed by atoms with E-state index in [0.717, 1.165) is 23.8 Å². The van der Waals surface area contributed by atoms with Crippen LogP contribution in [0.5, 0.6) is 0 Å². The molecule has 6 nitrogen and oxygen atoms in total. The van der Waals surface area contributed by atoms with Crippen LogP contribution in [0.25, 0.3) is 0 Å². The molecule has 0 fully saturated rings. The van der Waals surface area contributed by atoms with E-state index in [1.807, 2.05) is 13.0 Å². The Hall–Kier alpha value is -3.36. The number of aryl methyl sites for hydroxylation is 1. The van der Waals surface area contributed by atoms with Gasteiger partial charge in [0, 0.05) is 11.3 Å². The van der Waals surface area contributed by atoms with E-state index in [0.29, 0.717) is 5.56 Å². The van der Waals surface area contributed by atoms with Crippen LogP contribution in [-0.2, 0) is 20.5 Å². The SMILES string of the molecule is Cc1cccc(C(=O)NCC(=O)OCC(=O)Nc2cccc(C(F)(F)F)c2)c1. The molecule has 2 aromatic carbocycles. The Balaban J connectivity index is 1.78. The zero-order chi connectivity index (χ0) is 20.7. The van der Waals surface area contributed by atoms with Crippen LogP contribution in [0.4, 0.5) is 18.9 Å². The van der Waals surface area contributed by atoms with Gasteiger partial charge in [-0.15, -0.1) is 0 Å². The zero-order valence-electron chi connectivity index (χ0n) is 14.8. The maximum atomic E-state index is 12.6. The van der Waals surface area contributed by atoms with Crippen LogP contribution >= 0.6 is 0 Å². The largest absolute Gasteiger partial charge is 0.454 e. The lowest BCUT2D eigenvalue weighted by Gasteiger charge is -2.10. The molecule has 0 saturated carbocycles. The number of ether oxygens (including phenoxy) is 1. The van der Waals surface area contributed by atoms with E-state index in [4.69, 9.17) is 4.74 Å². The molecule has 0 aliphatic heterocycles. The van der Waals surface area contributed by atoms with Crippen LogP contribution in [0, 0.1) is 6.92 Å². The number of hydrogen-bond donors (Lipinski definition) is 2. The quantitative estimate of drug-likeness (QED) is 0.738. The van der Waals surface area contributed by atoms with Crippen molar-refractivity contribution in [2.45, 2.75) is 13.1 Å². The Morgan fingerprint density at radius 3 is 2.43 bits per heavy atom. The Morgan fingerprint density at radius 1 is 1.04 bits per heavy atom. The molecule has 148 valence electrons. The van der Waals surface area contributed by atoms with E-state index < -0.39 is 42.7 Å². The number of benzene rings is 2. The molecule has 2 N–H and O–H groups in total. The maximum Gasteiger partial charge on any atom is 0.416 e. The predicted octanol–water partition coefficient (Wildman–Crippen LogP) is 2.93. The van der Waals surface area contributed by atoms with Gasteiger partial charge in [0.25, 0.3) is 11.8 Å². The molecule has 0 radical (unpaired) electrons. The number of nitrogens with one attached hydrogen (secondary N) is 2. The molecule has 0 aromatic heterocycles. The molecule has 9 heteroatoms. The first kappa shape index (κ1) is 20.9. The molecule has 0 atom stereocenters. The Kier molecular flexibility index (Phi) is 6.75. The number of alkyl halides is 3. The van der Waals surface area contributed by atoms with Crippen LogP contribution < -0.4 is 10.6 Å². The average Bonchev–Trinajstić information content (AvgIpc) is 2.64. The minimum Gasteiger partial charge on any atom is -0.454 e. The van der Waals surface area contributed by atoms with Crippen molar-refractivity contribution in [1.82, 2.24) is 5.32 Å². The van der Waals surface area contributed by atoms with Crippen molar-refractivity contribution < 1.29 is 32.3 Å². The highest BCUT2D eigenvalue weighted by atomic mass is 19.4. The molecule has 0 aliphatic carbocycles. The fraction of sp³-hybridized carbons (Fsp3) is 0.211. The van der Waals surface area contributed by atoms with Crippen LogP contribution in [0.2, 0.25) is 0 Å². The first-order chi connectivity index (χ1) is 13.1. The van der Waals surface area contributed by atoms with Crippen LogP contribution in [0.15, 0.2) is 48.5 Å². The molecule has 2 rings (SSSR count). The highest BCUT2D eigenvalue weighted by Gasteiger charge is 2.30. The fourth-order valence-electron chi connectivity index (χ4n) is 2.21. The van der Waals surface area contributed by atoms with Crippen molar-refractivity contribution in [1.29, 1.82) is 0 Å². The molecule has 0 spiro atoms. The summed E-state index contributed by atoms with van der Waals surface area (Å²) < 4.78 is 42.6. The van der Waals surface area contributed by atoms with Crippen molar-refractivity contribution in [3.63, 3.8) is 0 Å². The second-order valence-corrected chi connectivity index (χ2v) is 5.84. The maximum absolute atomic E-state index is 12.6. The number of halogens is 3. The van der Waals surface area contributed by atoms with Gasteiger partial charge >= 0.3 is 12.1 Å². The summed E-state index contributed by atoms with van der Waals surface area (Å²) in [5.41, 5.74) is 0.251. The van der Waals surface area contributed by atoms with E-state index >= 15 is 0 Å². The second kappa shape index (κ2) is 9.03. The van der Waals surface area contributed by atoms with Gasteiger partial charge in [0.15, 0.2) is 6.61 Å². The van der Waals surface area contributed by atoms with Crippen molar-refractivity contribution >= 4 is 23.5 Å². The van der Waals surface area contributed by atoms with Crippen molar-refractivity contribution in [2.75, 3.05) is 18.5 Å². The molecule has 2 amide bonds. The fourth-order valence-corrected chi connectivity index (χ4v) is 2.21. The highest BCUT2D eigenvalue weighted by molar-refractivity contribution is 5.96. The van der Waals surface area contributed by atoms with Gasteiger partial charge < -0.3 is 15.4 Å². The summed E-state index contributed by atoms with van der Waals surface area (Å²) in [7, 11) is 0. The monoisotopic (exact) mass is 394 g/mol. The van der Waals surface area contributed by atoms with Gasteiger partial charge in [-0.05, 0) is 37.3 Å². The summed E-state index contributed by atoms with van der Waals surface area (Å²) in [6.07, 6.45) is -4.54. The number of carbonyl (C=O) groups is 3. The number of esters is 1. The highest BCUT2D eigenvalue weighted by Crippen LogP contribution is 2.30. The number of hydrogen-bond acceptors (Lipinski definition) is 4. The molecule has 0 bridgehead atoms. The minimum absolute atomic E-state index is 0.0800. The third kappa shape index (κ3) is 6.42. The molecule has 2 aromatic rings. The van der Waals surface area contributed by atoms with E-state index in [2.05, 4.69) is 10.6 Å². The number of carbonyl (C=O) groups excluding carboxylic acids is 3. The standard InChI is InChI=1S/C19H17F3N2O4/c1-12-4-2-5-13(8-12)18(27)23-10-17(26)28-11-16(25)24-15-7-3-6-14(9-15)19(20,21)22/h2-9H,10-11H2,1H3,(H,23,27)(H,24,25). The van der Waals surface area contributed by atoms with Crippen LogP contribution in [-0.4, -0.2) is 30.9 Å². The molecular formula is C19H17F3N2O4. The lowest BCUT2D eigenvalue weighted by atomic mass is 10.1. The molecule has 0 unspecified atom stereocenters. The number of anilines is 1. The molecule has 0 aliphatic rings. The van der Waals surface area contributed by atoms with Gasteiger partial charge in [-0.3, -0.25) is 14.4 Å². The van der Waals surface area contributed by atoms with Crippen molar-refractivity contribution in [3.05, 3.63) is 65.2 Å². The Morgan fingerprint density at radius 2 is 1.75 bits per heavy atom. The minimum atomic E-state index is -4.54. The topological polar surface area (TPSA) is 84.5 Å². The first-order valence-electron chi connectivity index (χ1n) is 8.13. The third-order valence-corrected chi connectivity index (χ3v) is 3.51. The predicted molar refractivity (Wildman–Crippen MR) is 94.5 cm³/mol. The normalized spacial score (nSPS) is 10.9. The average molecular weight is 394 g/mol. The van der Waals surface area contributed by atoms with Gasteiger partial charge in [0.05, 0.1) is 5.56 Å². The first-order valence-corrected chi connectivity index (χ1v) is 8.13. The van der Waals surface area contributed by atoms with Gasteiger partial charge in [-0.2, -0.15) is 13.2 Å². The molecule has 0 saturated heterocycles. The summed E-state index contributed by atoms with van der Waals surface area (Å²) in [4.78, 5) is 35.2. The number of rotatable bonds is 6. The smallest absolute Gasteiger partial charge is 0.416 e. The lowest BCUT2D eigenvalue weighted by Crippen LogP contribution is -2.32.